The molecule has 1 fully saturated rings. The van der Waals surface area contributed by atoms with E-state index in [9.17, 15) is 10.1 Å². The smallest absolute Gasteiger partial charge is 0.338 e. The monoisotopic (exact) mass is 352 g/mol. The summed E-state index contributed by atoms with van der Waals surface area (Å²) in [5.74, 6) is -0.101. The van der Waals surface area contributed by atoms with Crippen molar-refractivity contribution in [2.24, 2.45) is 17.6 Å². The van der Waals surface area contributed by atoms with Gasteiger partial charge >= 0.3 is 5.97 Å². The molecule has 26 heavy (non-hydrogen) atoms. The lowest BCUT2D eigenvalue weighted by Gasteiger charge is -2.35. The molecule has 5 nitrogen and oxygen atoms in total. The van der Waals surface area contributed by atoms with Gasteiger partial charge in [-0.15, -0.1) is 0 Å². The normalized spacial score (nSPS) is 21.2. The molecule has 1 aliphatic heterocycles. The quantitative estimate of drug-likeness (QED) is 0.831. The second-order valence-corrected chi connectivity index (χ2v) is 6.70. The van der Waals surface area contributed by atoms with Crippen LogP contribution in [0.3, 0.4) is 0 Å². The maximum atomic E-state index is 12.9. The summed E-state index contributed by atoms with van der Waals surface area (Å²) in [6.07, 6.45) is 5.31. The molecule has 1 aliphatic carbocycles. The van der Waals surface area contributed by atoms with Crippen LogP contribution in [0.1, 0.15) is 44.6 Å². The minimum absolute atomic E-state index is 0.0926. The van der Waals surface area contributed by atoms with E-state index in [1.54, 1.807) is 6.92 Å². The second kappa shape index (κ2) is 8.09. The number of carbonyl (C=O) groups excluding carboxylic acids is 1. The maximum Gasteiger partial charge on any atom is 0.338 e. The van der Waals surface area contributed by atoms with Crippen LogP contribution in [0.5, 0.6) is 0 Å². The molecule has 0 aromatic heterocycles. The van der Waals surface area contributed by atoms with Crippen molar-refractivity contribution in [2.45, 2.75) is 39.0 Å². The zero-order valence-corrected chi connectivity index (χ0v) is 15.0. The summed E-state index contributed by atoms with van der Waals surface area (Å²) in [7, 11) is 0. The largest absolute Gasteiger partial charge is 0.463 e. The van der Waals surface area contributed by atoms with Gasteiger partial charge in [-0.05, 0) is 25.7 Å². The summed E-state index contributed by atoms with van der Waals surface area (Å²) in [5, 5.41) is 9.71. The summed E-state index contributed by atoms with van der Waals surface area (Å²) in [4.78, 5) is 12.9. The van der Waals surface area contributed by atoms with Crippen molar-refractivity contribution >= 4 is 11.7 Å². The molecular weight excluding hydrogens is 328 g/mol. The molecule has 0 radical (unpaired) electrons. The van der Waals surface area contributed by atoms with Crippen molar-refractivity contribution in [1.29, 1.82) is 5.26 Å². The van der Waals surface area contributed by atoms with Crippen molar-refractivity contribution in [3.05, 3.63) is 52.9 Å². The molecule has 0 unspecified atom stereocenters. The van der Waals surface area contributed by atoms with Crippen LogP contribution in [0, 0.1) is 23.2 Å². The molecule has 136 valence electrons. The summed E-state index contributed by atoms with van der Waals surface area (Å²) < 4.78 is 11.1. The Balaban J connectivity index is 2.15. The van der Waals surface area contributed by atoms with Crippen LogP contribution in [0.2, 0.25) is 0 Å². The molecule has 1 aromatic rings. The van der Waals surface area contributed by atoms with Crippen molar-refractivity contribution in [1.82, 2.24) is 0 Å². The summed E-state index contributed by atoms with van der Waals surface area (Å²) in [6.45, 7) is 2.04. The van der Waals surface area contributed by atoms with E-state index in [-0.39, 0.29) is 24.3 Å². The average molecular weight is 352 g/mol. The van der Waals surface area contributed by atoms with Gasteiger partial charge in [0, 0.05) is 11.5 Å². The van der Waals surface area contributed by atoms with Gasteiger partial charge < -0.3 is 15.2 Å². The Bertz CT molecular complexity index is 768. The number of carbonyl (C=O) groups is 1. The maximum absolute atomic E-state index is 12.9. The molecule has 5 heteroatoms. The number of nitriles is 1. The number of benzene rings is 1. The van der Waals surface area contributed by atoms with E-state index < -0.39 is 5.97 Å². The third-order valence-corrected chi connectivity index (χ3v) is 5.12. The van der Waals surface area contributed by atoms with Gasteiger partial charge in [0.1, 0.15) is 11.8 Å². The Morgan fingerprint density at radius 2 is 1.96 bits per heavy atom. The Kier molecular flexibility index (Phi) is 5.62. The highest BCUT2D eigenvalue weighted by atomic mass is 16.5. The molecule has 3 rings (SSSR count). The van der Waals surface area contributed by atoms with Crippen molar-refractivity contribution in [3.8, 4) is 6.07 Å². The summed E-state index contributed by atoms with van der Waals surface area (Å²) in [6, 6.07) is 11.6. The number of hydrogen-bond acceptors (Lipinski definition) is 5. The first kappa shape index (κ1) is 18.1. The molecule has 1 atom stereocenters. The predicted octanol–water partition coefficient (Wildman–Crippen LogP) is 3.88. The van der Waals surface area contributed by atoms with Crippen LogP contribution < -0.4 is 5.73 Å². The highest BCUT2D eigenvalue weighted by molar-refractivity contribution is 5.98. The molecule has 0 amide bonds. The van der Waals surface area contributed by atoms with E-state index in [0.29, 0.717) is 16.9 Å². The van der Waals surface area contributed by atoms with E-state index in [1.807, 2.05) is 30.3 Å². The number of hydrogen-bond donors (Lipinski definition) is 1. The van der Waals surface area contributed by atoms with Gasteiger partial charge in [0.15, 0.2) is 0 Å². The molecule has 1 heterocycles. The minimum atomic E-state index is -0.429. The van der Waals surface area contributed by atoms with Crippen LogP contribution in [0.15, 0.2) is 47.4 Å². The number of nitrogens with zero attached hydrogens (tertiary/aromatic N) is 1. The van der Waals surface area contributed by atoms with Crippen LogP contribution in [0.4, 0.5) is 0 Å². The van der Waals surface area contributed by atoms with Gasteiger partial charge in [0.25, 0.3) is 0 Å². The summed E-state index contributed by atoms with van der Waals surface area (Å²) >= 11 is 0. The third kappa shape index (κ3) is 3.45. The molecule has 2 N–H and O–H groups in total. The number of nitrogens with two attached hydrogens (primary N) is 1. The van der Waals surface area contributed by atoms with Gasteiger partial charge in [-0.2, -0.15) is 5.26 Å². The second-order valence-electron chi connectivity index (χ2n) is 6.70. The van der Waals surface area contributed by atoms with E-state index in [0.717, 1.165) is 31.2 Å². The third-order valence-electron chi connectivity index (χ3n) is 5.12. The molecule has 0 spiro atoms. The lowest BCUT2D eigenvalue weighted by atomic mass is 9.72. The fourth-order valence-corrected chi connectivity index (χ4v) is 3.95. The molecule has 0 bridgehead atoms. The van der Waals surface area contributed by atoms with Crippen LogP contribution in [-0.2, 0) is 14.3 Å². The van der Waals surface area contributed by atoms with E-state index in [1.165, 1.54) is 6.42 Å². The number of esters is 1. The van der Waals surface area contributed by atoms with Crippen LogP contribution >= 0.6 is 0 Å². The topological polar surface area (TPSA) is 85.3 Å². The van der Waals surface area contributed by atoms with Gasteiger partial charge in [-0.25, -0.2) is 4.79 Å². The van der Waals surface area contributed by atoms with Gasteiger partial charge in [-0.1, -0.05) is 49.6 Å². The molecule has 1 aromatic carbocycles. The highest BCUT2D eigenvalue weighted by Crippen LogP contribution is 2.45. The Morgan fingerprint density at radius 3 is 2.58 bits per heavy atom. The van der Waals surface area contributed by atoms with Gasteiger partial charge in [0.2, 0.25) is 5.88 Å². The van der Waals surface area contributed by atoms with E-state index >= 15 is 0 Å². The van der Waals surface area contributed by atoms with Crippen LogP contribution in [0.25, 0.3) is 5.76 Å². The standard InChI is InChI=1S/C21H24N2O3/c1-2-25-21(24)18-17(14-9-5-3-6-10-14)16(13-22)20(23)26-19(18)15-11-7-4-8-12-15/h4,7-8,11-12,14,17H,2-3,5-6,9-10,23H2,1H3/t17-/m0/s1. The Hall–Kier alpha value is -2.74. The highest BCUT2D eigenvalue weighted by Gasteiger charge is 2.41. The average Bonchev–Trinajstić information content (AvgIpc) is 2.68. The van der Waals surface area contributed by atoms with Crippen molar-refractivity contribution in [2.75, 3.05) is 6.61 Å². The zero-order valence-electron chi connectivity index (χ0n) is 15.0. The molecule has 1 saturated carbocycles. The Labute approximate surface area is 154 Å². The lowest BCUT2D eigenvalue weighted by Crippen LogP contribution is -2.32. The fraction of sp³-hybridized carbons (Fsp3) is 0.429. The molecule has 0 saturated heterocycles. The molecular formula is C21H24N2O3. The number of rotatable bonds is 4. The van der Waals surface area contributed by atoms with Crippen molar-refractivity contribution < 1.29 is 14.3 Å². The lowest BCUT2D eigenvalue weighted by molar-refractivity contribution is -0.139. The Morgan fingerprint density at radius 1 is 1.27 bits per heavy atom. The van der Waals surface area contributed by atoms with Gasteiger partial charge in [0.05, 0.1) is 17.8 Å². The molecule has 2 aliphatic rings. The van der Waals surface area contributed by atoms with Crippen LogP contribution in [-0.4, -0.2) is 12.6 Å². The minimum Gasteiger partial charge on any atom is -0.463 e. The summed E-state index contributed by atoms with van der Waals surface area (Å²) in [5.41, 5.74) is 7.63. The van der Waals surface area contributed by atoms with Crippen molar-refractivity contribution in [3.63, 3.8) is 0 Å². The van der Waals surface area contributed by atoms with Gasteiger partial charge in [-0.3, -0.25) is 0 Å². The fourth-order valence-electron chi connectivity index (χ4n) is 3.95. The first-order chi connectivity index (χ1) is 12.7. The first-order valence-corrected chi connectivity index (χ1v) is 9.21. The van der Waals surface area contributed by atoms with E-state index in [2.05, 4.69) is 6.07 Å². The zero-order chi connectivity index (χ0) is 18.5. The predicted molar refractivity (Wildman–Crippen MR) is 98.0 cm³/mol. The number of ether oxygens (including phenoxy) is 2. The number of allylic oxidation sites excluding steroid dienone is 1. The first-order valence-electron chi connectivity index (χ1n) is 9.21. The van der Waals surface area contributed by atoms with E-state index in [4.69, 9.17) is 15.2 Å². The SMILES string of the molecule is CCOC(=O)C1=C(c2ccccc2)OC(N)=C(C#N)[C@@H]1C1CCCCC1.